The van der Waals surface area contributed by atoms with Crippen LogP contribution < -0.4 is 0 Å². The third kappa shape index (κ3) is 1.60. The first-order chi connectivity index (χ1) is 8.18. The number of benzene rings is 2. The minimum absolute atomic E-state index is 0.180. The molecular formula is C15H14O2. The van der Waals surface area contributed by atoms with Crippen molar-refractivity contribution >= 4 is 16.7 Å². The molecule has 2 unspecified atom stereocenters. The molecule has 0 bridgehead atoms. The average molecular weight is 226 g/mol. The highest BCUT2D eigenvalue weighted by atomic mass is 16.4. The van der Waals surface area contributed by atoms with Crippen molar-refractivity contribution in [1.82, 2.24) is 0 Å². The summed E-state index contributed by atoms with van der Waals surface area (Å²) in [5, 5.41) is 11.5. The highest BCUT2D eigenvalue weighted by molar-refractivity contribution is 5.90. The second kappa shape index (κ2) is 3.59. The van der Waals surface area contributed by atoms with E-state index in [1.165, 1.54) is 21.9 Å². The number of hydrogen-bond donors (Lipinski definition) is 1. The molecule has 0 amide bonds. The van der Waals surface area contributed by atoms with Crippen LogP contribution in [-0.4, -0.2) is 11.1 Å². The van der Waals surface area contributed by atoms with Crippen molar-refractivity contribution in [3.8, 4) is 0 Å². The van der Waals surface area contributed by atoms with Gasteiger partial charge in [-0.25, -0.2) is 0 Å². The summed E-state index contributed by atoms with van der Waals surface area (Å²) < 4.78 is 0. The van der Waals surface area contributed by atoms with Gasteiger partial charge < -0.3 is 5.11 Å². The van der Waals surface area contributed by atoms with E-state index < -0.39 is 5.97 Å². The normalized spacial score (nSPS) is 22.6. The number of aliphatic carboxylic acids is 1. The molecule has 2 aromatic rings. The zero-order valence-electron chi connectivity index (χ0n) is 9.68. The van der Waals surface area contributed by atoms with Gasteiger partial charge in [0.05, 0.1) is 5.92 Å². The molecule has 86 valence electrons. The number of aryl methyl sites for hydroxylation is 1. The predicted octanol–water partition coefficient (Wildman–Crippen LogP) is 3.34. The summed E-state index contributed by atoms with van der Waals surface area (Å²) in [4.78, 5) is 10.9. The van der Waals surface area contributed by atoms with Gasteiger partial charge in [0.2, 0.25) is 0 Å². The van der Waals surface area contributed by atoms with Crippen LogP contribution in [0, 0.1) is 12.8 Å². The second-order valence-electron chi connectivity index (χ2n) is 4.80. The molecule has 2 atom stereocenters. The van der Waals surface area contributed by atoms with E-state index in [0.29, 0.717) is 0 Å². The lowest BCUT2D eigenvalue weighted by Crippen LogP contribution is -1.99. The Morgan fingerprint density at radius 3 is 2.53 bits per heavy atom. The zero-order valence-corrected chi connectivity index (χ0v) is 9.68. The average Bonchev–Trinajstić information content (AvgIpc) is 3.10. The molecule has 0 radical (unpaired) electrons. The van der Waals surface area contributed by atoms with Crippen molar-refractivity contribution < 1.29 is 9.90 Å². The molecule has 2 aromatic carbocycles. The molecule has 1 aliphatic carbocycles. The first-order valence-electron chi connectivity index (χ1n) is 5.89. The lowest BCUT2D eigenvalue weighted by Gasteiger charge is -2.08. The third-order valence-electron chi connectivity index (χ3n) is 3.68. The molecule has 17 heavy (non-hydrogen) atoms. The van der Waals surface area contributed by atoms with Gasteiger partial charge >= 0.3 is 5.97 Å². The zero-order chi connectivity index (χ0) is 12.0. The van der Waals surface area contributed by atoms with Gasteiger partial charge in [-0.3, -0.25) is 4.79 Å². The van der Waals surface area contributed by atoms with Gasteiger partial charge in [-0.15, -0.1) is 0 Å². The van der Waals surface area contributed by atoms with Crippen LogP contribution in [0.1, 0.15) is 23.5 Å². The quantitative estimate of drug-likeness (QED) is 0.852. The Morgan fingerprint density at radius 2 is 1.88 bits per heavy atom. The molecule has 0 aliphatic heterocycles. The number of carboxylic acid groups (broad SMARTS) is 1. The van der Waals surface area contributed by atoms with E-state index in [0.717, 1.165) is 6.42 Å². The summed E-state index contributed by atoms with van der Waals surface area (Å²) in [7, 11) is 0. The van der Waals surface area contributed by atoms with Crippen LogP contribution in [0.15, 0.2) is 36.4 Å². The molecule has 3 rings (SSSR count). The van der Waals surface area contributed by atoms with E-state index in [9.17, 15) is 4.79 Å². The fraction of sp³-hybridized carbons (Fsp3) is 0.267. The maximum atomic E-state index is 10.9. The van der Waals surface area contributed by atoms with Gasteiger partial charge in [-0.2, -0.15) is 0 Å². The Hall–Kier alpha value is -1.83. The van der Waals surface area contributed by atoms with Crippen LogP contribution in [-0.2, 0) is 4.79 Å². The summed E-state index contributed by atoms with van der Waals surface area (Å²) >= 11 is 0. The molecule has 1 fully saturated rings. The van der Waals surface area contributed by atoms with Crippen molar-refractivity contribution in [2.75, 3.05) is 0 Å². The molecule has 2 heteroatoms. The molecule has 0 saturated heterocycles. The largest absolute Gasteiger partial charge is 0.481 e. The summed E-state index contributed by atoms with van der Waals surface area (Å²) in [5.74, 6) is -0.640. The number of rotatable bonds is 2. The summed E-state index contributed by atoms with van der Waals surface area (Å²) in [6.45, 7) is 2.09. The van der Waals surface area contributed by atoms with Gasteiger partial charge in [0.25, 0.3) is 0 Å². The molecule has 1 saturated carbocycles. The maximum Gasteiger partial charge on any atom is 0.307 e. The monoisotopic (exact) mass is 226 g/mol. The van der Waals surface area contributed by atoms with Crippen molar-refractivity contribution in [2.24, 2.45) is 5.92 Å². The first kappa shape index (κ1) is 10.3. The van der Waals surface area contributed by atoms with Crippen LogP contribution in [0.25, 0.3) is 10.8 Å². The molecule has 0 heterocycles. The lowest BCUT2D eigenvalue weighted by molar-refractivity contribution is -0.138. The Kier molecular flexibility index (Phi) is 2.18. The Morgan fingerprint density at radius 1 is 1.18 bits per heavy atom. The molecule has 2 nitrogen and oxygen atoms in total. The fourth-order valence-corrected chi connectivity index (χ4v) is 2.61. The Bertz CT molecular complexity index is 601. The number of fused-ring (bicyclic) bond motifs is 1. The smallest absolute Gasteiger partial charge is 0.307 e. The van der Waals surface area contributed by atoms with Gasteiger partial charge in [-0.1, -0.05) is 36.4 Å². The highest BCUT2D eigenvalue weighted by Gasteiger charge is 2.44. The standard InChI is InChI=1S/C15H14O2/c1-9-6-7-12(13-8-14(13)15(16)17)11-5-3-2-4-10(9)11/h2-7,13-14H,8H2,1H3,(H,16,17). The molecule has 0 spiro atoms. The SMILES string of the molecule is Cc1ccc(C2CC2C(=O)O)c2ccccc12. The fourth-order valence-electron chi connectivity index (χ4n) is 2.61. The molecular weight excluding hydrogens is 212 g/mol. The summed E-state index contributed by atoms with van der Waals surface area (Å²) in [6, 6.07) is 12.4. The third-order valence-corrected chi connectivity index (χ3v) is 3.68. The molecule has 1 N–H and O–H groups in total. The van der Waals surface area contributed by atoms with E-state index in [4.69, 9.17) is 5.11 Å². The summed E-state index contributed by atoms with van der Waals surface area (Å²) in [5.41, 5.74) is 2.44. The topological polar surface area (TPSA) is 37.3 Å². The van der Waals surface area contributed by atoms with Gasteiger partial charge in [0, 0.05) is 0 Å². The van der Waals surface area contributed by atoms with Crippen LogP contribution in [0.5, 0.6) is 0 Å². The van der Waals surface area contributed by atoms with Crippen molar-refractivity contribution in [3.05, 3.63) is 47.5 Å². The van der Waals surface area contributed by atoms with Gasteiger partial charge in [0.1, 0.15) is 0 Å². The van der Waals surface area contributed by atoms with Gasteiger partial charge in [0.15, 0.2) is 0 Å². The first-order valence-corrected chi connectivity index (χ1v) is 5.89. The van der Waals surface area contributed by atoms with Crippen LogP contribution in [0.2, 0.25) is 0 Å². The Labute approximate surface area is 99.9 Å². The van der Waals surface area contributed by atoms with Crippen molar-refractivity contribution in [1.29, 1.82) is 0 Å². The number of carboxylic acids is 1. The lowest BCUT2D eigenvalue weighted by atomic mass is 9.97. The van der Waals surface area contributed by atoms with E-state index in [1.807, 2.05) is 12.1 Å². The Balaban J connectivity index is 2.13. The second-order valence-corrected chi connectivity index (χ2v) is 4.80. The van der Waals surface area contributed by atoms with Gasteiger partial charge in [-0.05, 0) is 41.2 Å². The van der Waals surface area contributed by atoms with E-state index in [-0.39, 0.29) is 11.8 Å². The number of hydrogen-bond acceptors (Lipinski definition) is 1. The van der Waals surface area contributed by atoms with E-state index in [2.05, 4.69) is 31.2 Å². The van der Waals surface area contributed by atoms with E-state index in [1.54, 1.807) is 0 Å². The maximum absolute atomic E-state index is 10.9. The molecule has 1 aliphatic rings. The number of carbonyl (C=O) groups is 1. The minimum Gasteiger partial charge on any atom is -0.481 e. The van der Waals surface area contributed by atoms with Crippen LogP contribution >= 0.6 is 0 Å². The highest BCUT2D eigenvalue weighted by Crippen LogP contribution is 2.49. The van der Waals surface area contributed by atoms with Crippen molar-refractivity contribution in [3.63, 3.8) is 0 Å². The predicted molar refractivity (Wildman–Crippen MR) is 67.2 cm³/mol. The molecule has 0 aromatic heterocycles. The van der Waals surface area contributed by atoms with Crippen molar-refractivity contribution in [2.45, 2.75) is 19.3 Å². The minimum atomic E-state index is -0.667. The van der Waals surface area contributed by atoms with Crippen LogP contribution in [0.3, 0.4) is 0 Å². The summed E-state index contributed by atoms with van der Waals surface area (Å²) in [6.07, 6.45) is 0.780. The van der Waals surface area contributed by atoms with Crippen LogP contribution in [0.4, 0.5) is 0 Å². The van der Waals surface area contributed by atoms with E-state index >= 15 is 0 Å².